The van der Waals surface area contributed by atoms with Crippen molar-refractivity contribution in [3.63, 3.8) is 0 Å². The number of aliphatic carboxylic acids is 1. The summed E-state index contributed by atoms with van der Waals surface area (Å²) in [6.07, 6.45) is 3.09. The van der Waals surface area contributed by atoms with Crippen molar-refractivity contribution >= 4 is 12.0 Å². The van der Waals surface area contributed by atoms with Crippen molar-refractivity contribution in [1.82, 2.24) is 10.2 Å². The first-order valence-corrected chi connectivity index (χ1v) is 5.43. The third-order valence-corrected chi connectivity index (χ3v) is 2.96. The van der Waals surface area contributed by atoms with Gasteiger partial charge in [-0.1, -0.05) is 0 Å². The Hall–Kier alpha value is -1.30. The Kier molecular flexibility index (Phi) is 4.54. The molecule has 6 nitrogen and oxygen atoms in total. The van der Waals surface area contributed by atoms with Gasteiger partial charge in [-0.3, -0.25) is 0 Å². The molecule has 1 saturated carbocycles. The smallest absolute Gasteiger partial charge is 0.326 e. The van der Waals surface area contributed by atoms with Crippen LogP contribution in [-0.4, -0.2) is 52.9 Å². The molecule has 0 heterocycles. The zero-order chi connectivity index (χ0) is 12.1. The third-order valence-electron chi connectivity index (χ3n) is 2.96. The maximum absolute atomic E-state index is 11.6. The SMILES string of the molecule is CN(C(=O)NC(CCO)C(=O)O)C1CCC1. The van der Waals surface area contributed by atoms with Gasteiger partial charge in [-0.2, -0.15) is 0 Å². The lowest BCUT2D eigenvalue weighted by Gasteiger charge is -2.35. The molecule has 1 atom stereocenters. The summed E-state index contributed by atoms with van der Waals surface area (Å²) < 4.78 is 0. The molecule has 0 aromatic heterocycles. The van der Waals surface area contributed by atoms with E-state index in [0.717, 1.165) is 19.3 Å². The molecule has 16 heavy (non-hydrogen) atoms. The molecule has 6 heteroatoms. The van der Waals surface area contributed by atoms with Crippen LogP contribution >= 0.6 is 0 Å². The first kappa shape index (κ1) is 12.8. The number of nitrogens with one attached hydrogen (secondary N) is 1. The highest BCUT2D eigenvalue weighted by molar-refractivity contribution is 5.82. The van der Waals surface area contributed by atoms with E-state index in [4.69, 9.17) is 10.2 Å². The fourth-order valence-electron chi connectivity index (χ4n) is 1.58. The number of carbonyl (C=O) groups excluding carboxylic acids is 1. The van der Waals surface area contributed by atoms with E-state index >= 15 is 0 Å². The van der Waals surface area contributed by atoms with Gasteiger partial charge in [0.15, 0.2) is 0 Å². The minimum absolute atomic E-state index is 0.0274. The number of rotatable bonds is 5. The van der Waals surface area contributed by atoms with Gasteiger partial charge in [-0.05, 0) is 19.3 Å². The summed E-state index contributed by atoms with van der Waals surface area (Å²) in [6.45, 7) is -0.260. The highest BCUT2D eigenvalue weighted by atomic mass is 16.4. The molecule has 0 aromatic rings. The molecule has 1 aliphatic carbocycles. The van der Waals surface area contributed by atoms with Gasteiger partial charge in [0.25, 0.3) is 0 Å². The molecule has 3 N–H and O–H groups in total. The Balaban J connectivity index is 2.43. The Bertz CT molecular complexity index is 266. The highest BCUT2D eigenvalue weighted by Gasteiger charge is 2.28. The van der Waals surface area contributed by atoms with Gasteiger partial charge in [0, 0.05) is 26.1 Å². The van der Waals surface area contributed by atoms with Crippen LogP contribution in [0.15, 0.2) is 0 Å². The van der Waals surface area contributed by atoms with Crippen molar-refractivity contribution in [2.24, 2.45) is 0 Å². The number of urea groups is 1. The summed E-state index contributed by atoms with van der Waals surface area (Å²) in [5.74, 6) is -1.12. The lowest BCUT2D eigenvalue weighted by molar-refractivity contribution is -0.139. The zero-order valence-corrected chi connectivity index (χ0v) is 9.35. The molecule has 0 bridgehead atoms. The van der Waals surface area contributed by atoms with Crippen molar-refractivity contribution in [2.45, 2.75) is 37.8 Å². The van der Waals surface area contributed by atoms with E-state index < -0.39 is 12.0 Å². The maximum atomic E-state index is 11.6. The van der Waals surface area contributed by atoms with Crippen LogP contribution in [0, 0.1) is 0 Å². The average molecular weight is 230 g/mol. The molecule has 0 aromatic carbocycles. The van der Waals surface area contributed by atoms with Gasteiger partial charge in [-0.15, -0.1) is 0 Å². The molecule has 0 aliphatic heterocycles. The van der Waals surface area contributed by atoms with E-state index in [-0.39, 0.29) is 25.1 Å². The molecule has 1 aliphatic rings. The van der Waals surface area contributed by atoms with Gasteiger partial charge in [-0.25, -0.2) is 9.59 Å². The Morgan fingerprint density at radius 1 is 1.50 bits per heavy atom. The molecule has 1 fully saturated rings. The topological polar surface area (TPSA) is 89.9 Å². The molecular weight excluding hydrogens is 212 g/mol. The third kappa shape index (κ3) is 3.10. The number of hydrogen-bond acceptors (Lipinski definition) is 3. The zero-order valence-electron chi connectivity index (χ0n) is 9.35. The van der Waals surface area contributed by atoms with Gasteiger partial charge >= 0.3 is 12.0 Å². The second kappa shape index (κ2) is 5.69. The molecule has 92 valence electrons. The van der Waals surface area contributed by atoms with Crippen molar-refractivity contribution in [3.05, 3.63) is 0 Å². The Morgan fingerprint density at radius 2 is 2.12 bits per heavy atom. The van der Waals surface area contributed by atoms with Crippen LogP contribution in [0.5, 0.6) is 0 Å². The number of carboxylic acid groups (broad SMARTS) is 1. The van der Waals surface area contributed by atoms with E-state index in [0.29, 0.717) is 0 Å². The van der Waals surface area contributed by atoms with Crippen molar-refractivity contribution in [3.8, 4) is 0 Å². The number of amides is 2. The monoisotopic (exact) mass is 230 g/mol. The predicted octanol–water partition coefficient (Wildman–Crippen LogP) is 0.0159. The standard InChI is InChI=1S/C10H18N2O4/c1-12(7-3-2-4-7)10(16)11-8(5-6-13)9(14)15/h7-8,13H,2-6H2,1H3,(H,11,16)(H,14,15). The molecule has 1 unspecified atom stereocenters. The summed E-state index contributed by atoms with van der Waals surface area (Å²) >= 11 is 0. The summed E-state index contributed by atoms with van der Waals surface area (Å²) in [4.78, 5) is 23.9. The van der Waals surface area contributed by atoms with E-state index in [1.807, 2.05) is 0 Å². The molecule has 0 saturated heterocycles. The van der Waals surface area contributed by atoms with Gasteiger partial charge < -0.3 is 20.4 Å². The van der Waals surface area contributed by atoms with Crippen LogP contribution in [0.3, 0.4) is 0 Å². The Morgan fingerprint density at radius 3 is 2.50 bits per heavy atom. The van der Waals surface area contributed by atoms with Crippen LogP contribution in [-0.2, 0) is 4.79 Å². The van der Waals surface area contributed by atoms with Crippen LogP contribution < -0.4 is 5.32 Å². The first-order chi connectivity index (χ1) is 7.56. The van der Waals surface area contributed by atoms with E-state index in [9.17, 15) is 9.59 Å². The normalized spacial score (nSPS) is 17.4. The largest absolute Gasteiger partial charge is 0.480 e. The number of hydrogen-bond donors (Lipinski definition) is 3. The minimum Gasteiger partial charge on any atom is -0.480 e. The summed E-state index contributed by atoms with van der Waals surface area (Å²) in [5, 5.41) is 19.9. The van der Waals surface area contributed by atoms with E-state index in [1.54, 1.807) is 7.05 Å². The van der Waals surface area contributed by atoms with Gasteiger partial charge in [0.05, 0.1) is 0 Å². The van der Waals surface area contributed by atoms with E-state index in [2.05, 4.69) is 5.32 Å². The average Bonchev–Trinajstić information content (AvgIpc) is 2.13. The van der Waals surface area contributed by atoms with Crippen LogP contribution in [0.1, 0.15) is 25.7 Å². The lowest BCUT2D eigenvalue weighted by Crippen LogP contribution is -2.51. The molecule has 0 radical (unpaired) electrons. The lowest BCUT2D eigenvalue weighted by atomic mass is 9.92. The van der Waals surface area contributed by atoms with Crippen molar-refractivity contribution in [2.75, 3.05) is 13.7 Å². The number of aliphatic hydroxyl groups is 1. The van der Waals surface area contributed by atoms with Crippen LogP contribution in [0.4, 0.5) is 4.79 Å². The fourth-order valence-corrected chi connectivity index (χ4v) is 1.58. The molecule has 0 spiro atoms. The van der Waals surface area contributed by atoms with Gasteiger partial charge in [0.2, 0.25) is 0 Å². The first-order valence-electron chi connectivity index (χ1n) is 5.43. The van der Waals surface area contributed by atoms with Crippen LogP contribution in [0.25, 0.3) is 0 Å². The van der Waals surface area contributed by atoms with Gasteiger partial charge in [0.1, 0.15) is 6.04 Å². The predicted molar refractivity (Wildman–Crippen MR) is 57.1 cm³/mol. The minimum atomic E-state index is -1.12. The summed E-state index contributed by atoms with van der Waals surface area (Å²) in [5.41, 5.74) is 0. The number of aliphatic hydroxyl groups excluding tert-OH is 1. The molecule has 2 amide bonds. The second-order valence-corrected chi connectivity index (χ2v) is 4.05. The number of carbonyl (C=O) groups is 2. The summed E-state index contributed by atoms with van der Waals surface area (Å²) in [7, 11) is 1.66. The summed E-state index contributed by atoms with van der Waals surface area (Å²) in [6, 6.07) is -1.17. The van der Waals surface area contributed by atoms with Crippen molar-refractivity contribution < 1.29 is 19.8 Å². The maximum Gasteiger partial charge on any atom is 0.326 e. The quantitative estimate of drug-likeness (QED) is 0.621. The molecule has 1 rings (SSSR count). The second-order valence-electron chi connectivity index (χ2n) is 4.05. The number of nitrogens with zero attached hydrogens (tertiary/aromatic N) is 1. The van der Waals surface area contributed by atoms with E-state index in [1.165, 1.54) is 4.90 Å². The van der Waals surface area contributed by atoms with Crippen LogP contribution in [0.2, 0.25) is 0 Å². The number of carboxylic acids is 1. The van der Waals surface area contributed by atoms with Crippen molar-refractivity contribution in [1.29, 1.82) is 0 Å². The fraction of sp³-hybridized carbons (Fsp3) is 0.800. The Labute approximate surface area is 94.2 Å². The molecular formula is C10H18N2O4. The highest BCUT2D eigenvalue weighted by Crippen LogP contribution is 2.23.